The summed E-state index contributed by atoms with van der Waals surface area (Å²) in [6.07, 6.45) is 0.730. The van der Waals surface area contributed by atoms with Crippen molar-refractivity contribution in [3.8, 4) is 5.75 Å². The molecule has 0 saturated carbocycles. The van der Waals surface area contributed by atoms with Gasteiger partial charge in [0.15, 0.2) is 0 Å². The van der Waals surface area contributed by atoms with Gasteiger partial charge in [0.1, 0.15) is 10.8 Å². The van der Waals surface area contributed by atoms with E-state index in [0.717, 1.165) is 40.6 Å². The monoisotopic (exact) mass is 411 g/mol. The molecule has 0 bridgehead atoms. The molecule has 5 N–H and O–H groups in total. The normalized spacial score (nSPS) is 11.0. The Morgan fingerprint density at radius 3 is 2.81 bits per heavy atom. The van der Waals surface area contributed by atoms with Crippen LogP contribution in [0.5, 0.6) is 5.75 Å². The number of nitrogens with two attached hydrogens (primary N) is 1. The number of carbonyl (C=O) groups is 2. The Hall–Kier alpha value is -2.44. The number of thiophene rings is 1. The quantitative estimate of drug-likeness (QED) is 0.449. The van der Waals surface area contributed by atoms with Crippen molar-refractivity contribution in [2.45, 2.75) is 17.6 Å². The molecule has 0 aromatic carbocycles. The van der Waals surface area contributed by atoms with E-state index in [1.54, 1.807) is 0 Å². The molecule has 0 radical (unpaired) electrons. The highest BCUT2D eigenvalue weighted by Crippen LogP contribution is 2.40. The van der Waals surface area contributed by atoms with Crippen LogP contribution < -0.4 is 16.6 Å². The first-order valence-corrected chi connectivity index (χ1v) is 9.94. The lowest BCUT2D eigenvalue weighted by molar-refractivity contribution is -0.113. The van der Waals surface area contributed by atoms with Gasteiger partial charge in [-0.15, -0.1) is 33.3 Å². The van der Waals surface area contributed by atoms with Crippen molar-refractivity contribution < 1.29 is 14.7 Å². The Balaban J connectivity index is 1.81. The van der Waals surface area contributed by atoms with E-state index in [2.05, 4.69) is 20.5 Å². The molecule has 2 amide bonds. The predicted octanol–water partition coefficient (Wildman–Crippen LogP) is 1.54. The molecule has 9 nitrogen and oxygen atoms in total. The lowest BCUT2D eigenvalue weighted by atomic mass is 10.2. The van der Waals surface area contributed by atoms with Crippen LogP contribution >= 0.6 is 34.4 Å². The topological polar surface area (TPSA) is 151 Å². The number of aromatic nitrogens is 3. The average molecular weight is 411 g/mol. The van der Waals surface area contributed by atoms with Crippen LogP contribution in [0.2, 0.25) is 0 Å². The van der Waals surface area contributed by atoms with Crippen LogP contribution in [-0.4, -0.2) is 37.9 Å². The number of thioether (sulfide) groups is 1. The number of carbonyl (C=O) groups excluding carboxylic acids is 2. The number of hydrogen-bond acceptors (Lipinski definition) is 9. The van der Waals surface area contributed by atoms with Gasteiger partial charge in [-0.05, 0) is 6.42 Å². The lowest BCUT2D eigenvalue weighted by Crippen LogP contribution is -2.15. The van der Waals surface area contributed by atoms with Gasteiger partial charge in [-0.25, -0.2) is 0 Å². The van der Waals surface area contributed by atoms with Crippen molar-refractivity contribution >= 4 is 61.6 Å². The zero-order valence-corrected chi connectivity index (χ0v) is 15.8. The zero-order chi connectivity index (χ0) is 18.8. The summed E-state index contributed by atoms with van der Waals surface area (Å²) in [5.74, 6) is -1.32. The number of nitrogens with zero attached hydrogens (tertiary/aromatic N) is 2. The van der Waals surface area contributed by atoms with E-state index < -0.39 is 11.5 Å². The fourth-order valence-electron chi connectivity index (χ4n) is 2.12. The number of aromatic hydroxyl groups is 1. The van der Waals surface area contributed by atoms with Gasteiger partial charge < -0.3 is 15.8 Å². The van der Waals surface area contributed by atoms with E-state index in [9.17, 15) is 19.5 Å². The van der Waals surface area contributed by atoms with E-state index >= 15 is 0 Å². The molecule has 0 fully saturated rings. The van der Waals surface area contributed by atoms with Gasteiger partial charge in [-0.1, -0.05) is 18.3 Å². The molecular formula is C14H13N5O4S3. The first kappa shape index (κ1) is 18.4. The maximum absolute atomic E-state index is 12.1. The number of rotatable bonds is 6. The van der Waals surface area contributed by atoms with E-state index in [1.165, 1.54) is 11.3 Å². The van der Waals surface area contributed by atoms with Gasteiger partial charge in [0, 0.05) is 6.07 Å². The minimum absolute atomic E-state index is 0.000859. The van der Waals surface area contributed by atoms with Crippen LogP contribution in [0, 0.1) is 0 Å². The average Bonchev–Trinajstić information content (AvgIpc) is 3.17. The Morgan fingerprint density at radius 2 is 2.15 bits per heavy atom. The minimum Gasteiger partial charge on any atom is -0.506 e. The second kappa shape index (κ2) is 7.43. The van der Waals surface area contributed by atoms with Crippen molar-refractivity contribution in [2.24, 2.45) is 5.73 Å². The molecule has 0 spiro atoms. The number of nitrogens with one attached hydrogen (secondary N) is 2. The summed E-state index contributed by atoms with van der Waals surface area (Å²) in [5, 5.41) is 21.5. The predicted molar refractivity (Wildman–Crippen MR) is 101 cm³/mol. The molecule has 0 saturated heterocycles. The summed E-state index contributed by atoms with van der Waals surface area (Å²) in [4.78, 5) is 37.9. The van der Waals surface area contributed by atoms with Gasteiger partial charge in [-0.3, -0.25) is 19.7 Å². The van der Waals surface area contributed by atoms with Crippen LogP contribution in [0.3, 0.4) is 0 Å². The van der Waals surface area contributed by atoms with E-state index in [1.807, 2.05) is 6.92 Å². The van der Waals surface area contributed by atoms with Crippen molar-refractivity contribution in [3.05, 3.63) is 27.0 Å². The number of anilines is 1. The zero-order valence-electron chi connectivity index (χ0n) is 13.4. The van der Waals surface area contributed by atoms with Gasteiger partial charge in [0.25, 0.3) is 11.5 Å². The van der Waals surface area contributed by atoms with Crippen molar-refractivity contribution in [2.75, 3.05) is 11.1 Å². The second-order valence-electron chi connectivity index (χ2n) is 5.04. The molecule has 136 valence electrons. The SMILES string of the molecule is CCc1nnc(NC(=O)CSc2sc3c(O)cc(=O)[nH]c3c2C(N)=O)s1. The van der Waals surface area contributed by atoms with E-state index in [-0.39, 0.29) is 28.5 Å². The van der Waals surface area contributed by atoms with Gasteiger partial charge in [0.05, 0.1) is 25.7 Å². The smallest absolute Gasteiger partial charge is 0.252 e. The largest absolute Gasteiger partial charge is 0.506 e. The molecule has 0 aliphatic rings. The van der Waals surface area contributed by atoms with E-state index in [4.69, 9.17) is 5.73 Å². The second-order valence-corrected chi connectivity index (χ2v) is 8.37. The lowest BCUT2D eigenvalue weighted by Gasteiger charge is -2.01. The van der Waals surface area contributed by atoms with Crippen LogP contribution in [0.1, 0.15) is 22.3 Å². The summed E-state index contributed by atoms with van der Waals surface area (Å²) < 4.78 is 0.768. The number of hydrogen-bond donors (Lipinski definition) is 4. The molecular weight excluding hydrogens is 398 g/mol. The van der Waals surface area contributed by atoms with Crippen molar-refractivity contribution in [1.29, 1.82) is 0 Å². The summed E-state index contributed by atoms with van der Waals surface area (Å²) in [7, 11) is 0. The number of fused-ring (bicyclic) bond motifs is 1. The molecule has 26 heavy (non-hydrogen) atoms. The molecule has 3 rings (SSSR count). The van der Waals surface area contributed by atoms with Crippen LogP contribution in [0.15, 0.2) is 15.1 Å². The van der Waals surface area contributed by atoms with Crippen LogP contribution in [0.4, 0.5) is 5.13 Å². The number of amides is 2. The molecule has 12 heteroatoms. The Bertz CT molecular complexity index is 1050. The number of H-pyrrole nitrogens is 1. The van der Waals surface area contributed by atoms with Crippen LogP contribution in [0.25, 0.3) is 10.2 Å². The first-order valence-electron chi connectivity index (χ1n) is 7.32. The van der Waals surface area contributed by atoms with Crippen LogP contribution in [-0.2, 0) is 11.2 Å². The van der Waals surface area contributed by atoms with Crippen molar-refractivity contribution in [3.63, 3.8) is 0 Å². The number of aryl methyl sites for hydroxylation is 1. The molecule has 3 aromatic heterocycles. The summed E-state index contributed by atoms with van der Waals surface area (Å²) in [6, 6.07) is 1.02. The first-order chi connectivity index (χ1) is 12.4. The molecule has 0 aliphatic heterocycles. The van der Waals surface area contributed by atoms with Gasteiger partial charge in [-0.2, -0.15) is 0 Å². The third-order valence-electron chi connectivity index (χ3n) is 3.22. The molecule has 0 atom stereocenters. The van der Waals surface area contributed by atoms with E-state index in [0.29, 0.717) is 14.0 Å². The fourth-order valence-corrected chi connectivity index (χ4v) is 5.07. The maximum Gasteiger partial charge on any atom is 0.252 e. The Kier molecular flexibility index (Phi) is 5.25. The Labute approximate surface area is 158 Å². The molecule has 3 heterocycles. The fraction of sp³-hybridized carbons (Fsp3) is 0.214. The third-order valence-corrected chi connectivity index (χ3v) is 6.69. The molecule has 3 aromatic rings. The standard InChI is InChI=1S/C14H13N5O4S3/c1-2-8-18-19-14(25-8)17-7(22)4-24-13-9(12(15)23)10-11(26-13)5(20)3-6(21)16-10/h3H,2,4H2,1H3,(H2,15,23)(H2,16,20,21)(H,17,19,22). The number of pyridine rings is 1. The highest BCUT2D eigenvalue weighted by atomic mass is 32.2. The third kappa shape index (κ3) is 3.71. The number of primary amides is 1. The van der Waals surface area contributed by atoms with Crippen molar-refractivity contribution in [1.82, 2.24) is 15.2 Å². The Morgan fingerprint density at radius 1 is 1.38 bits per heavy atom. The minimum atomic E-state index is -0.753. The summed E-state index contributed by atoms with van der Waals surface area (Å²) >= 11 is 3.46. The highest BCUT2D eigenvalue weighted by molar-refractivity contribution is 8.02. The number of aromatic amines is 1. The maximum atomic E-state index is 12.1. The molecule has 0 unspecified atom stereocenters. The van der Waals surface area contributed by atoms with Gasteiger partial charge in [0.2, 0.25) is 11.0 Å². The highest BCUT2D eigenvalue weighted by Gasteiger charge is 2.21. The molecule has 0 aliphatic carbocycles. The summed E-state index contributed by atoms with van der Waals surface area (Å²) in [6.45, 7) is 1.94. The summed E-state index contributed by atoms with van der Waals surface area (Å²) in [5.41, 5.74) is 5.11. The van der Waals surface area contributed by atoms with Gasteiger partial charge >= 0.3 is 0 Å².